The van der Waals surface area contributed by atoms with Gasteiger partial charge in [0.1, 0.15) is 5.60 Å². The fourth-order valence-corrected chi connectivity index (χ4v) is 6.25. The fraction of sp³-hybridized carbons (Fsp3) is 0.900. The quantitative estimate of drug-likeness (QED) is 0.792. The monoisotopic (exact) mass is 319 g/mol. The first kappa shape index (κ1) is 16.1. The molecule has 130 valence electrons. The van der Waals surface area contributed by atoms with Gasteiger partial charge in [-0.25, -0.2) is 0 Å². The van der Waals surface area contributed by atoms with Crippen LogP contribution in [0.3, 0.4) is 0 Å². The summed E-state index contributed by atoms with van der Waals surface area (Å²) in [6.07, 6.45) is 10.6. The molecule has 0 radical (unpaired) electrons. The van der Waals surface area contributed by atoms with E-state index in [4.69, 9.17) is 4.74 Å². The summed E-state index contributed by atoms with van der Waals surface area (Å²) >= 11 is 0. The minimum atomic E-state index is -0.160. The van der Waals surface area contributed by atoms with E-state index in [2.05, 4.69) is 44.7 Å². The summed E-state index contributed by atoms with van der Waals surface area (Å²) < 4.78 is 6.42. The molecule has 4 aliphatic rings. The number of aliphatic hydroxyl groups excluding tert-OH is 1. The van der Waals surface area contributed by atoms with Gasteiger partial charge in [0.05, 0.1) is 12.2 Å². The van der Waals surface area contributed by atoms with E-state index in [0.717, 1.165) is 19.4 Å². The van der Waals surface area contributed by atoms with Crippen LogP contribution in [0.5, 0.6) is 0 Å². The third kappa shape index (κ3) is 2.26. The zero-order chi connectivity index (χ0) is 16.4. The van der Waals surface area contributed by atoms with Crippen LogP contribution in [0.4, 0.5) is 0 Å². The molecule has 7 atom stereocenters. The summed E-state index contributed by atoms with van der Waals surface area (Å²) in [7, 11) is 0. The van der Waals surface area contributed by atoms with E-state index in [1.54, 1.807) is 0 Å². The van der Waals surface area contributed by atoms with Crippen molar-refractivity contribution in [2.24, 2.45) is 17.8 Å². The molecule has 3 heterocycles. The molecule has 3 fully saturated rings. The molecule has 0 amide bonds. The maximum Gasteiger partial charge on any atom is 0.105 e. The smallest absolute Gasteiger partial charge is 0.105 e. The van der Waals surface area contributed by atoms with Gasteiger partial charge in [-0.2, -0.15) is 0 Å². The first-order chi connectivity index (χ1) is 10.8. The van der Waals surface area contributed by atoms with Gasteiger partial charge in [0.15, 0.2) is 0 Å². The van der Waals surface area contributed by atoms with Crippen LogP contribution >= 0.6 is 0 Å². The lowest BCUT2D eigenvalue weighted by atomic mass is 9.67. The van der Waals surface area contributed by atoms with Crippen LogP contribution in [0, 0.1) is 17.8 Å². The van der Waals surface area contributed by atoms with Crippen molar-refractivity contribution < 1.29 is 9.84 Å². The SMILES string of the molecule is C[C@@H]1CC[C@@H](C(C)(C)N2CC[C@H]3C[C@@H]4C=C[C@]3(O4)[C@@H]2C)[C@H](O)C1. The topological polar surface area (TPSA) is 32.7 Å². The molecule has 23 heavy (non-hydrogen) atoms. The Morgan fingerprint density at radius 3 is 2.65 bits per heavy atom. The second-order valence-electron chi connectivity index (χ2n) is 9.21. The molecule has 2 bridgehead atoms. The fourth-order valence-electron chi connectivity index (χ4n) is 6.25. The van der Waals surface area contributed by atoms with E-state index in [-0.39, 0.29) is 17.2 Å². The number of piperidine rings is 1. The molecule has 3 nitrogen and oxygen atoms in total. The van der Waals surface area contributed by atoms with Gasteiger partial charge < -0.3 is 9.84 Å². The number of hydrogen-bond acceptors (Lipinski definition) is 3. The zero-order valence-corrected chi connectivity index (χ0v) is 15.2. The summed E-state index contributed by atoms with van der Waals surface area (Å²) in [5.41, 5.74) is -0.0380. The Morgan fingerprint density at radius 1 is 1.17 bits per heavy atom. The van der Waals surface area contributed by atoms with Crippen LogP contribution in [0.15, 0.2) is 12.2 Å². The molecule has 0 unspecified atom stereocenters. The van der Waals surface area contributed by atoms with Crippen molar-refractivity contribution >= 4 is 0 Å². The predicted octanol–water partition coefficient (Wildman–Crippen LogP) is 3.37. The van der Waals surface area contributed by atoms with Crippen molar-refractivity contribution in [1.82, 2.24) is 4.90 Å². The normalized spacial score (nSPS) is 50.3. The minimum Gasteiger partial charge on any atom is -0.393 e. The number of rotatable bonds is 2. The number of fused-ring (bicyclic) bond motifs is 1. The highest BCUT2D eigenvalue weighted by molar-refractivity contribution is 5.26. The molecule has 0 aromatic rings. The molecular formula is C20H33NO2. The van der Waals surface area contributed by atoms with Crippen molar-refractivity contribution in [3.05, 3.63) is 12.2 Å². The summed E-state index contributed by atoms with van der Waals surface area (Å²) in [4.78, 5) is 2.66. The van der Waals surface area contributed by atoms with Crippen LogP contribution in [0.25, 0.3) is 0 Å². The lowest BCUT2D eigenvalue weighted by Gasteiger charge is -2.57. The average Bonchev–Trinajstić information content (AvgIpc) is 3.05. The number of likely N-dealkylation sites (tertiary alicyclic amines) is 1. The molecule has 1 spiro atoms. The second-order valence-corrected chi connectivity index (χ2v) is 9.21. The van der Waals surface area contributed by atoms with Gasteiger partial charge in [-0.3, -0.25) is 4.90 Å². The van der Waals surface area contributed by atoms with Crippen molar-refractivity contribution in [3.63, 3.8) is 0 Å². The first-order valence-corrected chi connectivity index (χ1v) is 9.66. The van der Waals surface area contributed by atoms with Crippen molar-refractivity contribution in [2.75, 3.05) is 6.54 Å². The Morgan fingerprint density at radius 2 is 1.96 bits per heavy atom. The van der Waals surface area contributed by atoms with Gasteiger partial charge in [-0.15, -0.1) is 0 Å². The molecule has 3 heteroatoms. The minimum absolute atomic E-state index is 0.0244. The molecular weight excluding hydrogens is 286 g/mol. The highest BCUT2D eigenvalue weighted by Gasteiger charge is 2.59. The van der Waals surface area contributed by atoms with Gasteiger partial charge in [0, 0.05) is 17.5 Å². The Hall–Kier alpha value is -0.380. The first-order valence-electron chi connectivity index (χ1n) is 9.66. The van der Waals surface area contributed by atoms with Crippen LogP contribution in [0.2, 0.25) is 0 Å². The molecule has 0 aromatic heterocycles. The highest BCUT2D eigenvalue weighted by atomic mass is 16.5. The molecule has 0 aromatic carbocycles. The van der Waals surface area contributed by atoms with Gasteiger partial charge in [-0.1, -0.05) is 25.5 Å². The third-order valence-corrected chi connectivity index (χ3v) is 7.65. The van der Waals surface area contributed by atoms with Gasteiger partial charge in [-0.05, 0) is 64.8 Å². The third-order valence-electron chi connectivity index (χ3n) is 7.65. The summed E-state index contributed by atoms with van der Waals surface area (Å²) in [5, 5.41) is 10.7. The Labute approximate surface area is 141 Å². The van der Waals surface area contributed by atoms with Crippen molar-refractivity contribution in [2.45, 2.75) is 89.2 Å². The summed E-state index contributed by atoms with van der Waals surface area (Å²) in [6, 6.07) is 0.395. The second kappa shape index (κ2) is 5.31. The van der Waals surface area contributed by atoms with Gasteiger partial charge in [0.2, 0.25) is 0 Å². The summed E-state index contributed by atoms with van der Waals surface area (Å²) in [6.45, 7) is 10.5. The lowest BCUT2D eigenvalue weighted by Crippen LogP contribution is -2.66. The Balaban J connectivity index is 1.58. The van der Waals surface area contributed by atoms with Crippen LogP contribution in [0.1, 0.15) is 59.8 Å². The predicted molar refractivity (Wildman–Crippen MR) is 92.2 cm³/mol. The summed E-state index contributed by atoms with van der Waals surface area (Å²) in [5.74, 6) is 1.73. The van der Waals surface area contributed by atoms with E-state index in [1.165, 1.54) is 19.3 Å². The van der Waals surface area contributed by atoms with Crippen molar-refractivity contribution in [3.8, 4) is 0 Å². The van der Waals surface area contributed by atoms with Crippen LogP contribution < -0.4 is 0 Å². The molecule has 2 saturated heterocycles. The maximum atomic E-state index is 10.7. The Bertz CT molecular complexity index is 502. The van der Waals surface area contributed by atoms with Crippen molar-refractivity contribution in [1.29, 1.82) is 0 Å². The molecule has 1 saturated carbocycles. The zero-order valence-electron chi connectivity index (χ0n) is 15.2. The van der Waals surface area contributed by atoms with Crippen LogP contribution in [-0.4, -0.2) is 45.9 Å². The number of hydrogen-bond donors (Lipinski definition) is 1. The largest absolute Gasteiger partial charge is 0.393 e. The van der Waals surface area contributed by atoms with Crippen LogP contribution in [-0.2, 0) is 4.74 Å². The highest BCUT2D eigenvalue weighted by Crippen LogP contribution is 2.53. The number of ether oxygens (including phenoxy) is 1. The average molecular weight is 319 g/mol. The van der Waals surface area contributed by atoms with Gasteiger partial charge >= 0.3 is 0 Å². The number of nitrogens with zero attached hydrogens (tertiary/aromatic N) is 1. The molecule has 1 aliphatic carbocycles. The number of aliphatic hydroxyl groups is 1. The standard InChI is InChI=1S/C20H33NO2/c1-13-5-6-17(18(22)11-13)19(3,4)21-10-8-15-12-16-7-9-20(15,23-16)14(21)2/h7,9,13-18,22H,5-6,8,10-12H2,1-4H3/t13-,14+,15+,16+,17-,18-,20+/m1/s1. The molecule has 1 N–H and O–H groups in total. The Kier molecular flexibility index (Phi) is 3.72. The van der Waals surface area contributed by atoms with E-state index in [1.807, 2.05) is 0 Å². The van der Waals surface area contributed by atoms with Gasteiger partial charge in [0.25, 0.3) is 0 Å². The molecule has 3 aliphatic heterocycles. The maximum absolute atomic E-state index is 10.7. The van der Waals surface area contributed by atoms with E-state index in [9.17, 15) is 5.11 Å². The van der Waals surface area contributed by atoms with E-state index >= 15 is 0 Å². The van der Waals surface area contributed by atoms with E-state index < -0.39 is 0 Å². The molecule has 4 rings (SSSR count). The van der Waals surface area contributed by atoms with E-state index in [0.29, 0.717) is 29.9 Å². The lowest BCUT2D eigenvalue weighted by molar-refractivity contribution is -0.133.